The third-order valence-electron chi connectivity index (χ3n) is 3.88. The van der Waals surface area contributed by atoms with Gasteiger partial charge in [0.15, 0.2) is 0 Å². The minimum Gasteiger partial charge on any atom is -0.391 e. The van der Waals surface area contributed by atoms with Gasteiger partial charge >= 0.3 is 0 Å². The first-order valence-electron chi connectivity index (χ1n) is 7.47. The summed E-state index contributed by atoms with van der Waals surface area (Å²) in [6.07, 6.45) is 0.778. The van der Waals surface area contributed by atoms with Crippen molar-refractivity contribution >= 4 is 11.8 Å². The number of hydrogen-bond donors (Lipinski definition) is 1. The normalized spacial score (nSPS) is 23.1. The summed E-state index contributed by atoms with van der Waals surface area (Å²) in [6, 6.07) is 20.9. The van der Waals surface area contributed by atoms with Crippen molar-refractivity contribution in [3.63, 3.8) is 0 Å². The van der Waals surface area contributed by atoms with Crippen molar-refractivity contribution in [1.29, 1.82) is 0 Å². The van der Waals surface area contributed by atoms with Gasteiger partial charge in [-0.2, -0.15) is 0 Å². The van der Waals surface area contributed by atoms with Crippen LogP contribution in [-0.2, 0) is 6.54 Å². The quantitative estimate of drug-likeness (QED) is 0.936. The van der Waals surface area contributed by atoms with Gasteiger partial charge in [0.25, 0.3) is 0 Å². The Balaban J connectivity index is 1.54. The summed E-state index contributed by atoms with van der Waals surface area (Å²) >= 11 is 1.80. The van der Waals surface area contributed by atoms with E-state index in [1.807, 2.05) is 12.1 Å². The minimum absolute atomic E-state index is 0.257. The van der Waals surface area contributed by atoms with Gasteiger partial charge in [-0.15, -0.1) is 11.8 Å². The first kappa shape index (κ1) is 14.6. The number of piperidine rings is 1. The van der Waals surface area contributed by atoms with Gasteiger partial charge in [0.1, 0.15) is 0 Å². The molecule has 1 aliphatic rings. The van der Waals surface area contributed by atoms with E-state index >= 15 is 0 Å². The zero-order chi connectivity index (χ0) is 14.5. The molecular formula is C18H21NOS. The van der Waals surface area contributed by atoms with Gasteiger partial charge in [0.2, 0.25) is 0 Å². The van der Waals surface area contributed by atoms with Crippen LogP contribution in [0.2, 0.25) is 0 Å². The van der Waals surface area contributed by atoms with Gasteiger partial charge in [-0.1, -0.05) is 48.5 Å². The molecule has 2 atom stereocenters. The van der Waals surface area contributed by atoms with Crippen molar-refractivity contribution in [2.45, 2.75) is 29.2 Å². The molecule has 1 aliphatic heterocycles. The summed E-state index contributed by atoms with van der Waals surface area (Å²) in [5.41, 5.74) is 1.32. The second-order valence-electron chi connectivity index (χ2n) is 5.55. The minimum atomic E-state index is -0.257. The highest BCUT2D eigenvalue weighted by Crippen LogP contribution is 2.30. The summed E-state index contributed by atoms with van der Waals surface area (Å²) in [4.78, 5) is 3.60. The maximum absolute atomic E-state index is 10.4. The molecule has 1 saturated heterocycles. The molecule has 2 nitrogen and oxygen atoms in total. The smallest absolute Gasteiger partial charge is 0.0789 e. The van der Waals surface area contributed by atoms with Crippen LogP contribution >= 0.6 is 11.8 Å². The molecule has 0 spiro atoms. The van der Waals surface area contributed by atoms with Gasteiger partial charge in [0.05, 0.1) is 6.10 Å². The van der Waals surface area contributed by atoms with Crippen LogP contribution in [0.15, 0.2) is 65.6 Å². The van der Waals surface area contributed by atoms with Crippen LogP contribution < -0.4 is 0 Å². The lowest BCUT2D eigenvalue weighted by Crippen LogP contribution is -2.44. The van der Waals surface area contributed by atoms with Crippen molar-refractivity contribution < 1.29 is 5.11 Å². The first-order chi connectivity index (χ1) is 10.3. The summed E-state index contributed by atoms with van der Waals surface area (Å²) in [6.45, 7) is 2.75. The second kappa shape index (κ2) is 7.12. The topological polar surface area (TPSA) is 23.5 Å². The van der Waals surface area contributed by atoms with Crippen LogP contribution in [-0.4, -0.2) is 34.4 Å². The number of nitrogens with zero attached hydrogens (tertiary/aromatic N) is 1. The molecule has 0 aromatic heterocycles. The molecule has 0 bridgehead atoms. The van der Waals surface area contributed by atoms with E-state index in [1.165, 1.54) is 10.5 Å². The van der Waals surface area contributed by atoms with E-state index in [4.69, 9.17) is 0 Å². The number of β-amino-alcohol motifs (C(OH)–C–C–N with tert-alkyl or cyclic N) is 1. The summed E-state index contributed by atoms with van der Waals surface area (Å²) in [5, 5.41) is 10.7. The van der Waals surface area contributed by atoms with Gasteiger partial charge in [-0.3, -0.25) is 4.90 Å². The average molecular weight is 299 g/mol. The number of likely N-dealkylation sites (tertiary alicyclic amines) is 1. The van der Waals surface area contributed by atoms with Crippen LogP contribution in [0.3, 0.4) is 0 Å². The van der Waals surface area contributed by atoms with Gasteiger partial charge in [-0.25, -0.2) is 0 Å². The fourth-order valence-corrected chi connectivity index (χ4v) is 3.90. The fraction of sp³-hybridized carbons (Fsp3) is 0.333. The van der Waals surface area contributed by atoms with E-state index < -0.39 is 0 Å². The molecule has 3 heteroatoms. The molecular weight excluding hydrogens is 278 g/mol. The number of aliphatic hydroxyl groups is 1. The number of rotatable bonds is 4. The van der Waals surface area contributed by atoms with Crippen molar-refractivity contribution in [1.82, 2.24) is 4.90 Å². The van der Waals surface area contributed by atoms with Gasteiger partial charge < -0.3 is 5.11 Å². The highest BCUT2D eigenvalue weighted by molar-refractivity contribution is 8.00. The van der Waals surface area contributed by atoms with Crippen LogP contribution in [0.4, 0.5) is 0 Å². The second-order valence-corrected chi connectivity index (χ2v) is 6.86. The van der Waals surface area contributed by atoms with Crippen molar-refractivity contribution in [2.24, 2.45) is 0 Å². The van der Waals surface area contributed by atoms with Crippen LogP contribution in [0.25, 0.3) is 0 Å². The molecule has 0 saturated carbocycles. The highest BCUT2D eigenvalue weighted by Gasteiger charge is 2.28. The Morgan fingerprint density at radius 3 is 2.33 bits per heavy atom. The lowest BCUT2D eigenvalue weighted by molar-refractivity contribution is 0.0724. The van der Waals surface area contributed by atoms with Crippen molar-refractivity contribution in [3.05, 3.63) is 66.2 Å². The molecule has 2 aromatic rings. The summed E-state index contributed by atoms with van der Waals surface area (Å²) < 4.78 is 0. The van der Waals surface area contributed by atoms with Crippen molar-refractivity contribution in [3.8, 4) is 0 Å². The molecule has 1 fully saturated rings. The Hall–Kier alpha value is -1.29. The van der Waals surface area contributed by atoms with Gasteiger partial charge in [-0.05, 0) is 30.7 Å². The maximum atomic E-state index is 10.4. The fourth-order valence-electron chi connectivity index (χ4n) is 2.77. The Labute approximate surface area is 130 Å². The van der Waals surface area contributed by atoms with Crippen LogP contribution in [0.1, 0.15) is 12.0 Å². The Kier molecular flexibility index (Phi) is 4.96. The maximum Gasteiger partial charge on any atom is 0.0789 e. The molecule has 0 radical (unpaired) electrons. The predicted octanol–water partition coefficient (Wildman–Crippen LogP) is 3.41. The SMILES string of the molecule is O[C@@H]1CN(Cc2ccccc2)CC[C@H]1Sc1ccccc1. The molecule has 3 rings (SSSR count). The highest BCUT2D eigenvalue weighted by atomic mass is 32.2. The lowest BCUT2D eigenvalue weighted by Gasteiger charge is -2.35. The van der Waals surface area contributed by atoms with Crippen molar-refractivity contribution in [2.75, 3.05) is 13.1 Å². The zero-order valence-electron chi connectivity index (χ0n) is 12.1. The Morgan fingerprint density at radius 2 is 1.67 bits per heavy atom. The molecule has 1 heterocycles. The number of benzene rings is 2. The van der Waals surface area contributed by atoms with E-state index in [0.717, 1.165) is 26.1 Å². The van der Waals surface area contributed by atoms with E-state index in [9.17, 15) is 5.11 Å². The molecule has 110 valence electrons. The number of hydrogen-bond acceptors (Lipinski definition) is 3. The third kappa shape index (κ3) is 4.10. The lowest BCUT2D eigenvalue weighted by atomic mass is 10.1. The number of aliphatic hydroxyl groups excluding tert-OH is 1. The molecule has 1 N–H and O–H groups in total. The molecule has 21 heavy (non-hydrogen) atoms. The van der Waals surface area contributed by atoms with E-state index in [2.05, 4.69) is 53.4 Å². The first-order valence-corrected chi connectivity index (χ1v) is 8.35. The van der Waals surface area contributed by atoms with E-state index in [1.54, 1.807) is 11.8 Å². The summed E-state index contributed by atoms with van der Waals surface area (Å²) in [5.74, 6) is 0. The Bertz CT molecular complexity index is 546. The standard InChI is InChI=1S/C18H21NOS/c20-17-14-19(13-15-7-3-1-4-8-15)12-11-18(17)21-16-9-5-2-6-10-16/h1-10,17-18,20H,11-14H2/t17-,18-/m1/s1. The number of thioether (sulfide) groups is 1. The predicted molar refractivity (Wildman–Crippen MR) is 88.4 cm³/mol. The summed E-state index contributed by atoms with van der Waals surface area (Å²) in [7, 11) is 0. The van der Waals surface area contributed by atoms with Gasteiger partial charge in [0, 0.05) is 23.2 Å². The monoisotopic (exact) mass is 299 g/mol. The average Bonchev–Trinajstić information content (AvgIpc) is 2.52. The Morgan fingerprint density at radius 1 is 1.00 bits per heavy atom. The molecule has 0 aliphatic carbocycles. The van der Waals surface area contributed by atoms with E-state index in [-0.39, 0.29) is 6.10 Å². The van der Waals surface area contributed by atoms with Crippen LogP contribution in [0, 0.1) is 0 Å². The third-order valence-corrected chi connectivity index (χ3v) is 5.28. The molecule has 2 aromatic carbocycles. The van der Waals surface area contributed by atoms with E-state index in [0.29, 0.717) is 5.25 Å². The zero-order valence-corrected chi connectivity index (χ0v) is 12.9. The van der Waals surface area contributed by atoms with Crippen LogP contribution in [0.5, 0.6) is 0 Å². The molecule has 0 amide bonds. The largest absolute Gasteiger partial charge is 0.391 e. The molecule has 0 unspecified atom stereocenters.